The number of furan rings is 1. The van der Waals surface area contributed by atoms with E-state index in [4.69, 9.17) is 4.42 Å². The summed E-state index contributed by atoms with van der Waals surface area (Å²) in [6.45, 7) is 0. The van der Waals surface area contributed by atoms with Crippen LogP contribution in [0.15, 0.2) is 150 Å². The van der Waals surface area contributed by atoms with Crippen LogP contribution in [0.5, 0.6) is 0 Å². The second kappa shape index (κ2) is 9.48. The molecule has 2 atom stereocenters. The van der Waals surface area contributed by atoms with Gasteiger partial charge in [0.15, 0.2) is 0 Å². The molecule has 3 aliphatic rings. The molecule has 10 rings (SSSR count). The van der Waals surface area contributed by atoms with Gasteiger partial charge in [0.05, 0.1) is 17.1 Å². The van der Waals surface area contributed by atoms with Crippen molar-refractivity contribution in [2.45, 2.75) is 24.8 Å². The maximum absolute atomic E-state index is 6.46. The first kappa shape index (κ1) is 24.9. The van der Waals surface area contributed by atoms with Gasteiger partial charge in [-0.1, -0.05) is 97.1 Å². The Morgan fingerprint density at radius 2 is 1.38 bits per heavy atom. The van der Waals surface area contributed by atoms with Gasteiger partial charge in [-0.2, -0.15) is 0 Å². The fourth-order valence-electron chi connectivity index (χ4n) is 8.01. The van der Waals surface area contributed by atoms with Crippen molar-refractivity contribution in [1.82, 2.24) is 4.57 Å². The largest absolute Gasteiger partial charge is 0.460 e. The summed E-state index contributed by atoms with van der Waals surface area (Å²) in [5, 5.41) is 3.74. The van der Waals surface area contributed by atoms with Crippen molar-refractivity contribution >= 4 is 44.5 Å². The van der Waals surface area contributed by atoms with Crippen LogP contribution in [0.4, 0.5) is 5.69 Å². The van der Waals surface area contributed by atoms with Crippen molar-refractivity contribution in [3.8, 4) is 16.8 Å². The first-order valence-electron chi connectivity index (χ1n) is 15.9. The minimum Gasteiger partial charge on any atom is -0.460 e. The quantitative estimate of drug-likeness (QED) is 0.208. The van der Waals surface area contributed by atoms with Crippen molar-refractivity contribution in [3.05, 3.63) is 162 Å². The van der Waals surface area contributed by atoms with Crippen LogP contribution in [-0.2, 0) is 6.42 Å². The van der Waals surface area contributed by atoms with Crippen molar-refractivity contribution < 1.29 is 4.42 Å². The fraction of sp³-hybridized carbons (Fsp3) is 0.0952. The lowest BCUT2D eigenvalue weighted by molar-refractivity contribution is 0.539. The van der Waals surface area contributed by atoms with Gasteiger partial charge in [-0.15, -0.1) is 0 Å². The van der Waals surface area contributed by atoms with E-state index in [1.807, 2.05) is 0 Å². The number of benzene rings is 5. The molecule has 0 N–H and O–H groups in total. The average molecular weight is 579 g/mol. The van der Waals surface area contributed by atoms with E-state index in [1.165, 1.54) is 66.5 Å². The summed E-state index contributed by atoms with van der Waals surface area (Å²) in [4.78, 5) is 2.57. The number of allylic oxidation sites excluding steroid dienone is 3. The number of aryl methyl sites for hydroxylation is 1. The van der Waals surface area contributed by atoms with Crippen molar-refractivity contribution in [3.63, 3.8) is 0 Å². The molecule has 3 nitrogen and oxygen atoms in total. The first-order valence-corrected chi connectivity index (χ1v) is 15.9. The second-order valence-corrected chi connectivity index (χ2v) is 12.4. The number of aromatic nitrogens is 1. The highest BCUT2D eigenvalue weighted by Gasteiger charge is 2.38. The minimum atomic E-state index is 0.317. The highest BCUT2D eigenvalue weighted by atomic mass is 16.3. The number of para-hydroxylation sites is 3. The lowest BCUT2D eigenvalue weighted by Crippen LogP contribution is -2.32. The summed E-state index contributed by atoms with van der Waals surface area (Å²) in [6, 6.07) is 42.2. The van der Waals surface area contributed by atoms with Gasteiger partial charge in [0.1, 0.15) is 11.3 Å². The molecule has 2 unspecified atom stereocenters. The Kier molecular flexibility index (Phi) is 5.23. The van der Waals surface area contributed by atoms with Crippen LogP contribution in [0.25, 0.3) is 55.7 Å². The summed E-state index contributed by atoms with van der Waals surface area (Å²) in [7, 11) is 0. The van der Waals surface area contributed by atoms with Gasteiger partial charge in [0.2, 0.25) is 0 Å². The number of fused-ring (bicyclic) bond motifs is 9. The van der Waals surface area contributed by atoms with Gasteiger partial charge < -0.3 is 13.9 Å². The average Bonchev–Trinajstić information content (AvgIpc) is 3.75. The summed E-state index contributed by atoms with van der Waals surface area (Å²) in [6.07, 6.45) is 13.4. The van der Waals surface area contributed by atoms with E-state index in [1.54, 1.807) is 0 Å². The van der Waals surface area contributed by atoms with E-state index in [2.05, 4.69) is 155 Å². The second-order valence-electron chi connectivity index (χ2n) is 12.4. The number of hydrogen-bond acceptors (Lipinski definition) is 2. The number of rotatable bonds is 3. The predicted octanol–water partition coefficient (Wildman–Crippen LogP) is 10.6. The van der Waals surface area contributed by atoms with Crippen LogP contribution < -0.4 is 4.90 Å². The highest BCUT2D eigenvalue weighted by molar-refractivity contribution is 6.09. The van der Waals surface area contributed by atoms with Gasteiger partial charge in [0, 0.05) is 51.1 Å². The van der Waals surface area contributed by atoms with Crippen LogP contribution >= 0.6 is 0 Å². The summed E-state index contributed by atoms with van der Waals surface area (Å²) in [5.41, 5.74) is 12.3. The Labute approximate surface area is 261 Å². The molecule has 5 aromatic carbocycles. The van der Waals surface area contributed by atoms with Gasteiger partial charge in [-0.25, -0.2) is 0 Å². The molecule has 0 bridgehead atoms. The van der Waals surface area contributed by atoms with Crippen LogP contribution in [0.3, 0.4) is 0 Å². The van der Waals surface area contributed by atoms with Crippen LogP contribution in [-0.4, -0.2) is 10.6 Å². The van der Waals surface area contributed by atoms with Crippen LogP contribution in [0.1, 0.15) is 29.2 Å². The zero-order valence-corrected chi connectivity index (χ0v) is 24.7. The van der Waals surface area contributed by atoms with Gasteiger partial charge in [0.25, 0.3) is 0 Å². The van der Waals surface area contributed by atoms with Crippen molar-refractivity contribution in [2.75, 3.05) is 4.90 Å². The molecule has 2 aliphatic carbocycles. The lowest BCUT2D eigenvalue weighted by Gasteiger charge is -2.32. The summed E-state index contributed by atoms with van der Waals surface area (Å²) >= 11 is 0. The number of nitrogens with zero attached hydrogens (tertiary/aromatic N) is 2. The summed E-state index contributed by atoms with van der Waals surface area (Å²) < 4.78 is 8.84. The van der Waals surface area contributed by atoms with E-state index >= 15 is 0 Å². The van der Waals surface area contributed by atoms with Crippen LogP contribution in [0.2, 0.25) is 0 Å². The van der Waals surface area contributed by atoms with Crippen LogP contribution in [0, 0.1) is 0 Å². The van der Waals surface area contributed by atoms with E-state index in [9.17, 15) is 0 Å². The van der Waals surface area contributed by atoms with Gasteiger partial charge >= 0.3 is 0 Å². The molecule has 1 aliphatic heterocycles. The molecular weight excluding hydrogens is 548 g/mol. The fourth-order valence-corrected chi connectivity index (χ4v) is 8.01. The normalized spacial score (nSPS) is 18.4. The highest BCUT2D eigenvalue weighted by Crippen LogP contribution is 2.48. The maximum atomic E-state index is 6.46. The first-order chi connectivity index (χ1) is 22.3. The molecule has 2 aromatic heterocycles. The zero-order valence-electron chi connectivity index (χ0n) is 24.7. The molecule has 0 spiro atoms. The molecule has 0 saturated carbocycles. The zero-order chi connectivity index (χ0) is 29.5. The third-order valence-electron chi connectivity index (χ3n) is 10.0. The molecule has 0 radical (unpaired) electrons. The van der Waals surface area contributed by atoms with Gasteiger partial charge in [-0.05, 0) is 71.7 Å². The molecule has 45 heavy (non-hydrogen) atoms. The Hall–Kier alpha value is -5.54. The van der Waals surface area contributed by atoms with Gasteiger partial charge in [-0.3, -0.25) is 0 Å². The molecule has 3 heteroatoms. The van der Waals surface area contributed by atoms with E-state index in [-0.39, 0.29) is 0 Å². The van der Waals surface area contributed by atoms with Crippen molar-refractivity contribution in [2.24, 2.45) is 0 Å². The third-order valence-corrected chi connectivity index (χ3v) is 10.0. The SMILES string of the molecule is C1=CC2c3ccccc3N(C3=Cc4c(oc5ccc(-c6cccc(-n7c8ccccc8c8ccccc87)c6)cc45)CC3)C2C=C1. The molecule has 0 fully saturated rings. The van der Waals surface area contributed by atoms with E-state index in [0.717, 1.165) is 24.2 Å². The Morgan fingerprint density at radius 3 is 2.24 bits per heavy atom. The van der Waals surface area contributed by atoms with E-state index < -0.39 is 0 Å². The standard InChI is InChI=1S/C42H30N2O/c1-5-16-37-31(12-1)32-13-2-6-17-38(32)43(37)29-11-9-10-27(24-29)28-20-22-41-35(25-28)36-26-30(21-23-42(36)45-41)44-39-18-7-3-14-33(39)34-15-4-8-19-40(34)44/h1-20,22,24-26,33,39H,21,23H2. The molecule has 0 saturated heterocycles. The monoisotopic (exact) mass is 578 g/mol. The maximum Gasteiger partial charge on any atom is 0.134 e. The molecular formula is C42H30N2O. The number of anilines is 1. The molecule has 7 aromatic rings. The molecule has 3 heterocycles. The Balaban J connectivity index is 1.08. The smallest absolute Gasteiger partial charge is 0.134 e. The number of hydrogen-bond donors (Lipinski definition) is 0. The molecule has 0 amide bonds. The molecule has 214 valence electrons. The summed E-state index contributed by atoms with van der Waals surface area (Å²) in [5.74, 6) is 1.48. The minimum absolute atomic E-state index is 0.317. The topological polar surface area (TPSA) is 21.3 Å². The third kappa shape index (κ3) is 3.64. The lowest BCUT2D eigenvalue weighted by atomic mass is 9.91. The van der Waals surface area contributed by atoms with E-state index in [0.29, 0.717) is 12.0 Å². The Morgan fingerprint density at radius 1 is 0.622 bits per heavy atom. The predicted molar refractivity (Wildman–Crippen MR) is 186 cm³/mol. The van der Waals surface area contributed by atoms with Crippen molar-refractivity contribution in [1.29, 1.82) is 0 Å². The Bertz CT molecular complexity index is 2360.